The van der Waals surface area contributed by atoms with Crippen LogP contribution < -0.4 is 0 Å². The van der Waals surface area contributed by atoms with E-state index in [0.29, 0.717) is 5.75 Å². The molecule has 1 saturated heterocycles. The van der Waals surface area contributed by atoms with E-state index in [1.54, 1.807) is 6.07 Å². The van der Waals surface area contributed by atoms with Crippen LogP contribution in [0.2, 0.25) is 0 Å². The summed E-state index contributed by atoms with van der Waals surface area (Å²) in [6.07, 6.45) is 8.21. The third kappa shape index (κ3) is 3.49. The van der Waals surface area contributed by atoms with Crippen molar-refractivity contribution >= 4 is 17.0 Å². The number of phenolic OH excluding ortho intramolecular Hbond substituents is 1. The first-order valence-electron chi connectivity index (χ1n) is 9.82. The average Bonchev–Trinajstić information content (AvgIpc) is 2.71. The van der Waals surface area contributed by atoms with Gasteiger partial charge >= 0.3 is 0 Å². The van der Waals surface area contributed by atoms with Gasteiger partial charge in [-0.3, -0.25) is 9.89 Å². The maximum Gasteiger partial charge on any atom is 0.124 e. The van der Waals surface area contributed by atoms with Crippen LogP contribution in [0.1, 0.15) is 37.7 Å². The number of morpholine rings is 1. The molecule has 1 heterocycles. The van der Waals surface area contributed by atoms with E-state index in [1.165, 1.54) is 32.1 Å². The Morgan fingerprint density at radius 1 is 1.04 bits per heavy atom. The molecule has 0 unspecified atom stereocenters. The third-order valence-corrected chi connectivity index (χ3v) is 6.02. The Bertz CT molecular complexity index is 775. The first-order valence-corrected chi connectivity index (χ1v) is 9.82. The highest BCUT2D eigenvalue weighted by Crippen LogP contribution is 2.35. The lowest BCUT2D eigenvalue weighted by Gasteiger charge is -2.47. The molecule has 26 heavy (non-hydrogen) atoms. The van der Waals surface area contributed by atoms with Gasteiger partial charge in [0.1, 0.15) is 5.75 Å². The van der Waals surface area contributed by atoms with Gasteiger partial charge in [-0.05, 0) is 29.7 Å². The summed E-state index contributed by atoms with van der Waals surface area (Å²) in [6.45, 7) is 4.48. The van der Waals surface area contributed by atoms with Crippen molar-refractivity contribution in [1.29, 1.82) is 0 Å². The smallest absolute Gasteiger partial charge is 0.124 e. The summed E-state index contributed by atoms with van der Waals surface area (Å²) in [5.74, 6) is 0.302. The van der Waals surface area contributed by atoms with E-state index < -0.39 is 0 Å². The van der Waals surface area contributed by atoms with Gasteiger partial charge in [0, 0.05) is 30.4 Å². The Morgan fingerprint density at radius 3 is 2.62 bits per heavy atom. The summed E-state index contributed by atoms with van der Waals surface area (Å²) in [4.78, 5) is 7.46. The van der Waals surface area contributed by atoms with E-state index in [-0.39, 0.29) is 5.54 Å². The molecule has 2 aromatic rings. The zero-order valence-electron chi connectivity index (χ0n) is 15.4. The molecule has 1 aliphatic carbocycles. The lowest BCUT2D eigenvalue weighted by Crippen LogP contribution is -2.56. The van der Waals surface area contributed by atoms with Crippen molar-refractivity contribution in [2.24, 2.45) is 4.99 Å². The zero-order valence-corrected chi connectivity index (χ0v) is 15.4. The number of rotatable bonds is 4. The van der Waals surface area contributed by atoms with Crippen LogP contribution in [0.3, 0.4) is 0 Å². The molecule has 4 rings (SSSR count). The molecule has 138 valence electrons. The van der Waals surface area contributed by atoms with Gasteiger partial charge in [0.05, 0.1) is 19.8 Å². The van der Waals surface area contributed by atoms with Gasteiger partial charge in [0.2, 0.25) is 0 Å². The monoisotopic (exact) mass is 352 g/mol. The van der Waals surface area contributed by atoms with Crippen LogP contribution >= 0.6 is 0 Å². The SMILES string of the molecule is Oc1ccc2ccccc2c1C=NCC1(N2CCOCC2)CCCCC1. The predicted molar refractivity (Wildman–Crippen MR) is 106 cm³/mol. The van der Waals surface area contributed by atoms with E-state index in [0.717, 1.165) is 49.2 Å². The van der Waals surface area contributed by atoms with E-state index in [9.17, 15) is 5.11 Å². The Balaban J connectivity index is 1.59. The molecule has 2 aliphatic rings. The third-order valence-electron chi connectivity index (χ3n) is 6.02. The van der Waals surface area contributed by atoms with Gasteiger partial charge in [-0.15, -0.1) is 0 Å². The Labute approximate surface area is 155 Å². The normalized spacial score (nSPS) is 21.4. The molecule has 0 amide bonds. The molecule has 0 bridgehead atoms. The van der Waals surface area contributed by atoms with Crippen LogP contribution in [0.15, 0.2) is 41.4 Å². The number of nitrogens with zero attached hydrogens (tertiary/aromatic N) is 2. The van der Waals surface area contributed by atoms with Gasteiger partial charge in [-0.2, -0.15) is 0 Å². The van der Waals surface area contributed by atoms with Gasteiger partial charge in [-0.25, -0.2) is 0 Å². The van der Waals surface area contributed by atoms with E-state index in [2.05, 4.69) is 17.0 Å². The quantitative estimate of drug-likeness (QED) is 0.846. The van der Waals surface area contributed by atoms with Crippen molar-refractivity contribution in [3.05, 3.63) is 42.0 Å². The fourth-order valence-corrected chi connectivity index (χ4v) is 4.55. The van der Waals surface area contributed by atoms with Gasteiger partial charge in [0.15, 0.2) is 0 Å². The second-order valence-electron chi connectivity index (χ2n) is 7.57. The summed E-state index contributed by atoms with van der Waals surface area (Å²) >= 11 is 0. The molecule has 1 N–H and O–H groups in total. The largest absolute Gasteiger partial charge is 0.507 e. The second kappa shape index (κ2) is 7.77. The highest BCUT2D eigenvalue weighted by Gasteiger charge is 2.38. The van der Waals surface area contributed by atoms with E-state index >= 15 is 0 Å². The number of phenols is 1. The number of hydrogen-bond donors (Lipinski definition) is 1. The molecular formula is C22H28N2O2. The van der Waals surface area contributed by atoms with Crippen LogP contribution in [-0.4, -0.2) is 54.6 Å². The van der Waals surface area contributed by atoms with Crippen LogP contribution in [0, 0.1) is 0 Å². The van der Waals surface area contributed by atoms with Crippen molar-refractivity contribution < 1.29 is 9.84 Å². The standard InChI is InChI=1S/C22H28N2O2/c25-21-9-8-18-6-2-3-7-19(18)20(21)16-23-17-22(10-4-1-5-11-22)24-12-14-26-15-13-24/h2-3,6-9,16,25H,1,4-5,10-15,17H2. The average molecular weight is 352 g/mol. The fourth-order valence-electron chi connectivity index (χ4n) is 4.55. The maximum atomic E-state index is 10.3. The number of benzene rings is 2. The molecule has 0 aromatic heterocycles. The minimum absolute atomic E-state index is 0.165. The van der Waals surface area contributed by atoms with Crippen LogP contribution in [0.4, 0.5) is 0 Å². The topological polar surface area (TPSA) is 45.1 Å². The summed E-state index contributed by atoms with van der Waals surface area (Å²) < 4.78 is 5.56. The Morgan fingerprint density at radius 2 is 1.81 bits per heavy atom. The molecule has 4 nitrogen and oxygen atoms in total. The second-order valence-corrected chi connectivity index (χ2v) is 7.57. The van der Waals surface area contributed by atoms with Crippen molar-refractivity contribution in [1.82, 2.24) is 4.90 Å². The van der Waals surface area contributed by atoms with E-state index in [1.807, 2.05) is 24.4 Å². The van der Waals surface area contributed by atoms with Crippen LogP contribution in [0.5, 0.6) is 5.75 Å². The minimum atomic E-state index is 0.165. The number of hydrogen-bond acceptors (Lipinski definition) is 4. The van der Waals surface area contributed by atoms with Crippen molar-refractivity contribution in [2.45, 2.75) is 37.6 Å². The fraction of sp³-hybridized carbons (Fsp3) is 0.500. The van der Waals surface area contributed by atoms with Crippen molar-refractivity contribution in [3.63, 3.8) is 0 Å². The highest BCUT2D eigenvalue weighted by molar-refractivity contribution is 6.02. The Kier molecular flexibility index (Phi) is 5.23. The number of ether oxygens (including phenoxy) is 1. The van der Waals surface area contributed by atoms with Crippen molar-refractivity contribution in [2.75, 3.05) is 32.8 Å². The summed E-state index contributed by atoms with van der Waals surface area (Å²) in [6, 6.07) is 11.9. The van der Waals surface area contributed by atoms with Crippen LogP contribution in [-0.2, 0) is 4.74 Å². The predicted octanol–water partition coefficient (Wildman–Crippen LogP) is 4.00. The van der Waals surface area contributed by atoms with E-state index in [4.69, 9.17) is 9.73 Å². The number of aliphatic imine (C=N–C) groups is 1. The van der Waals surface area contributed by atoms with Gasteiger partial charge < -0.3 is 9.84 Å². The molecule has 1 saturated carbocycles. The molecule has 2 fully saturated rings. The molecule has 1 aliphatic heterocycles. The number of fused-ring (bicyclic) bond motifs is 1. The minimum Gasteiger partial charge on any atom is -0.507 e. The molecule has 0 spiro atoms. The Hall–Kier alpha value is -1.91. The molecule has 4 heteroatoms. The maximum absolute atomic E-state index is 10.3. The van der Waals surface area contributed by atoms with Crippen molar-refractivity contribution in [3.8, 4) is 5.75 Å². The summed E-state index contributed by atoms with van der Waals surface area (Å²) in [7, 11) is 0. The van der Waals surface area contributed by atoms with Gasteiger partial charge in [-0.1, -0.05) is 49.6 Å². The highest BCUT2D eigenvalue weighted by atomic mass is 16.5. The molecular weight excluding hydrogens is 324 g/mol. The molecule has 0 radical (unpaired) electrons. The summed E-state index contributed by atoms with van der Waals surface area (Å²) in [5.41, 5.74) is 0.995. The molecule has 2 aromatic carbocycles. The van der Waals surface area contributed by atoms with Gasteiger partial charge in [0.25, 0.3) is 0 Å². The molecule has 0 atom stereocenters. The number of aromatic hydroxyl groups is 1. The first kappa shape index (κ1) is 17.5. The summed E-state index contributed by atoms with van der Waals surface area (Å²) in [5, 5.41) is 12.5. The first-order chi connectivity index (χ1) is 12.8. The van der Waals surface area contributed by atoms with Crippen LogP contribution in [0.25, 0.3) is 10.8 Å². The lowest BCUT2D eigenvalue weighted by molar-refractivity contribution is -0.0332. The zero-order chi connectivity index (χ0) is 17.8. The lowest BCUT2D eigenvalue weighted by atomic mass is 9.80.